The summed E-state index contributed by atoms with van der Waals surface area (Å²) in [6.45, 7) is 3.91. The Bertz CT molecular complexity index is 730. The topological polar surface area (TPSA) is 66.4 Å². The van der Waals surface area contributed by atoms with E-state index < -0.39 is 21.3 Å². The van der Waals surface area contributed by atoms with Gasteiger partial charge in [-0.05, 0) is 36.5 Å². The van der Waals surface area contributed by atoms with Crippen molar-refractivity contribution in [2.24, 2.45) is 5.92 Å². The van der Waals surface area contributed by atoms with E-state index >= 15 is 0 Å². The molecule has 0 heterocycles. The molecular formula is C20H26NO3S. The van der Waals surface area contributed by atoms with E-state index in [2.05, 4.69) is 5.32 Å². The minimum Gasteiger partial charge on any atom is -0.391 e. The van der Waals surface area contributed by atoms with Gasteiger partial charge in [0.25, 0.3) is 0 Å². The number of aliphatic hydroxyl groups excluding tert-OH is 1. The Morgan fingerprint density at radius 2 is 1.56 bits per heavy atom. The lowest BCUT2D eigenvalue weighted by atomic mass is 10.1. The first-order valence-corrected chi connectivity index (χ1v) is 10.0. The molecule has 0 amide bonds. The second-order valence-corrected chi connectivity index (χ2v) is 8.49. The Kier molecular flexibility index (Phi) is 7.17. The molecule has 0 aliphatic heterocycles. The van der Waals surface area contributed by atoms with Crippen LogP contribution in [0.15, 0.2) is 65.6 Å². The zero-order valence-electron chi connectivity index (χ0n) is 14.7. The zero-order chi connectivity index (χ0) is 18.3. The van der Waals surface area contributed by atoms with Gasteiger partial charge >= 0.3 is 0 Å². The Balaban J connectivity index is 1.95. The molecule has 2 atom stereocenters. The maximum atomic E-state index is 12.8. The van der Waals surface area contributed by atoms with Crippen LogP contribution in [0, 0.1) is 12.3 Å². The van der Waals surface area contributed by atoms with Crippen molar-refractivity contribution in [2.75, 3.05) is 6.54 Å². The lowest BCUT2D eigenvalue weighted by molar-refractivity contribution is 0.196. The fourth-order valence-electron chi connectivity index (χ4n) is 2.67. The van der Waals surface area contributed by atoms with Crippen molar-refractivity contribution in [3.63, 3.8) is 0 Å². The smallest absolute Gasteiger partial charge is 0.194 e. The summed E-state index contributed by atoms with van der Waals surface area (Å²) in [5.74, 6) is -0.119. The van der Waals surface area contributed by atoms with Gasteiger partial charge in [-0.15, -0.1) is 0 Å². The largest absolute Gasteiger partial charge is 0.391 e. The van der Waals surface area contributed by atoms with Crippen LogP contribution in [0.4, 0.5) is 0 Å². The molecule has 25 heavy (non-hydrogen) atoms. The van der Waals surface area contributed by atoms with Crippen LogP contribution >= 0.6 is 0 Å². The Hall–Kier alpha value is -1.69. The minimum atomic E-state index is -3.50. The van der Waals surface area contributed by atoms with Gasteiger partial charge in [0.2, 0.25) is 0 Å². The molecule has 0 unspecified atom stereocenters. The summed E-state index contributed by atoms with van der Waals surface area (Å²) in [7, 11) is -3.50. The summed E-state index contributed by atoms with van der Waals surface area (Å²) in [5, 5.41) is 12.4. The summed E-state index contributed by atoms with van der Waals surface area (Å²) >= 11 is 0. The molecule has 0 bridgehead atoms. The first-order valence-electron chi connectivity index (χ1n) is 8.49. The van der Waals surface area contributed by atoms with E-state index in [1.54, 1.807) is 36.8 Å². The van der Waals surface area contributed by atoms with Gasteiger partial charge < -0.3 is 5.11 Å². The molecule has 0 saturated heterocycles. The number of hydrogen-bond acceptors (Lipinski definition) is 4. The van der Waals surface area contributed by atoms with Crippen LogP contribution in [0.2, 0.25) is 0 Å². The predicted molar refractivity (Wildman–Crippen MR) is 101 cm³/mol. The molecule has 4 nitrogen and oxygen atoms in total. The number of benzene rings is 2. The second kappa shape index (κ2) is 9.13. The predicted octanol–water partition coefficient (Wildman–Crippen LogP) is 2.84. The maximum absolute atomic E-state index is 12.8. The highest BCUT2D eigenvalue weighted by atomic mass is 32.2. The first-order chi connectivity index (χ1) is 11.9. The number of nitrogens with one attached hydrogen (secondary N) is 1. The van der Waals surface area contributed by atoms with Crippen LogP contribution in [0.3, 0.4) is 0 Å². The minimum absolute atomic E-state index is 0.119. The highest BCUT2D eigenvalue weighted by Crippen LogP contribution is 2.19. The molecule has 2 aromatic rings. The number of rotatable bonds is 9. The van der Waals surface area contributed by atoms with Crippen molar-refractivity contribution in [3.8, 4) is 0 Å². The van der Waals surface area contributed by atoms with Crippen LogP contribution in [-0.2, 0) is 16.3 Å². The summed E-state index contributed by atoms with van der Waals surface area (Å²) in [5.41, 5.74) is 1.11. The summed E-state index contributed by atoms with van der Waals surface area (Å²) < 4.78 is 25.6. The van der Waals surface area contributed by atoms with Crippen molar-refractivity contribution >= 4 is 9.84 Å². The first kappa shape index (κ1) is 19.6. The Morgan fingerprint density at radius 1 is 1.00 bits per heavy atom. The average molecular weight is 360 g/mol. The van der Waals surface area contributed by atoms with Gasteiger partial charge in [0, 0.05) is 6.54 Å². The van der Waals surface area contributed by atoms with Crippen molar-refractivity contribution in [1.29, 1.82) is 0 Å². The molecule has 0 spiro atoms. The van der Waals surface area contributed by atoms with Crippen LogP contribution in [0.25, 0.3) is 0 Å². The van der Waals surface area contributed by atoms with Gasteiger partial charge in [-0.1, -0.05) is 62.4 Å². The van der Waals surface area contributed by atoms with Gasteiger partial charge in [0.15, 0.2) is 9.84 Å². The van der Waals surface area contributed by atoms with E-state index in [1.165, 1.54) is 0 Å². The fourth-order valence-corrected chi connectivity index (χ4v) is 4.53. The highest BCUT2D eigenvalue weighted by Gasteiger charge is 2.30. The molecule has 0 fully saturated rings. The van der Waals surface area contributed by atoms with Gasteiger partial charge in [0.1, 0.15) is 5.37 Å². The van der Waals surface area contributed by atoms with E-state index in [0.717, 1.165) is 5.56 Å². The third-order valence-electron chi connectivity index (χ3n) is 4.01. The fraction of sp³-hybridized carbons (Fsp3) is 0.350. The maximum Gasteiger partial charge on any atom is 0.194 e. The normalized spacial score (nSPS) is 14.4. The third kappa shape index (κ3) is 5.66. The molecule has 2 aromatic carbocycles. The molecule has 0 aromatic heterocycles. The molecule has 1 radical (unpaired) electrons. The molecule has 5 heteroatoms. The second-order valence-electron chi connectivity index (χ2n) is 6.42. The number of aliphatic hydroxyl groups is 1. The summed E-state index contributed by atoms with van der Waals surface area (Å²) in [6.07, 6.45) is 1.71. The number of sulfone groups is 1. The monoisotopic (exact) mass is 360 g/mol. The average Bonchev–Trinajstić information content (AvgIpc) is 2.61. The highest BCUT2D eigenvalue weighted by molar-refractivity contribution is 7.92. The molecule has 0 aliphatic carbocycles. The van der Waals surface area contributed by atoms with E-state index in [0.29, 0.717) is 11.3 Å². The van der Waals surface area contributed by atoms with E-state index in [9.17, 15) is 13.5 Å². The van der Waals surface area contributed by atoms with Crippen LogP contribution in [0.1, 0.15) is 19.4 Å². The number of hydrogen-bond donors (Lipinski definition) is 2. The lowest BCUT2D eigenvalue weighted by Crippen LogP contribution is -2.44. The zero-order valence-corrected chi connectivity index (χ0v) is 15.5. The quantitative estimate of drug-likeness (QED) is 0.722. The van der Waals surface area contributed by atoms with Crippen molar-refractivity contribution in [3.05, 3.63) is 72.6 Å². The van der Waals surface area contributed by atoms with E-state index in [4.69, 9.17) is 0 Å². The standard InChI is InChI=1S/C20H26NO3S/c1-16(2)20(25(23,24)19-11-7-4-8-12-19)21-15-18(22)14-13-17-9-5-3-6-10-17/h3-12,14,16,18,20-22H,13,15H2,1-2H3/t18-,20+/m1/s1. The van der Waals surface area contributed by atoms with Crippen LogP contribution in [-0.4, -0.2) is 31.5 Å². The van der Waals surface area contributed by atoms with Gasteiger partial charge in [-0.2, -0.15) is 0 Å². The molecule has 135 valence electrons. The summed E-state index contributed by atoms with van der Waals surface area (Å²) in [4.78, 5) is 0.295. The van der Waals surface area contributed by atoms with Crippen molar-refractivity contribution in [2.45, 2.75) is 36.6 Å². The van der Waals surface area contributed by atoms with E-state index in [-0.39, 0.29) is 12.5 Å². The third-order valence-corrected chi connectivity index (χ3v) is 6.32. The SMILES string of the molecule is CC(C)[C@@H](NC[C@H](O)[CH]Cc1ccccc1)S(=O)(=O)c1ccccc1. The lowest BCUT2D eigenvalue weighted by Gasteiger charge is -2.24. The van der Waals surface area contributed by atoms with Crippen LogP contribution in [0.5, 0.6) is 0 Å². The molecule has 0 aliphatic rings. The van der Waals surface area contributed by atoms with Crippen molar-refractivity contribution < 1.29 is 13.5 Å². The molecule has 2 rings (SSSR count). The van der Waals surface area contributed by atoms with Gasteiger partial charge in [0.05, 0.1) is 11.0 Å². The van der Waals surface area contributed by atoms with Gasteiger partial charge in [-0.25, -0.2) is 8.42 Å². The summed E-state index contributed by atoms with van der Waals surface area (Å²) in [6, 6.07) is 18.3. The van der Waals surface area contributed by atoms with Gasteiger partial charge in [-0.3, -0.25) is 5.32 Å². The molecule has 2 N–H and O–H groups in total. The van der Waals surface area contributed by atoms with Crippen molar-refractivity contribution in [1.82, 2.24) is 5.32 Å². The van der Waals surface area contributed by atoms with Crippen LogP contribution < -0.4 is 5.32 Å². The molecular weight excluding hydrogens is 334 g/mol. The van der Waals surface area contributed by atoms with E-state index in [1.807, 2.05) is 44.2 Å². The molecule has 0 saturated carbocycles. The Morgan fingerprint density at radius 3 is 2.12 bits per heavy atom. The Labute approximate surface area is 150 Å².